The molecule has 0 heterocycles. The summed E-state index contributed by atoms with van der Waals surface area (Å²) in [4.78, 5) is 11.6. The number of Topliss-reactive ketones (excluding diaryl/α,β-unsaturated/α-hetero) is 1. The van der Waals surface area contributed by atoms with Gasteiger partial charge in [-0.3, -0.25) is 4.79 Å². The molecule has 0 amide bonds. The lowest BCUT2D eigenvalue weighted by molar-refractivity contribution is -0.126. The Morgan fingerprint density at radius 3 is 2.81 bits per heavy atom. The SMILES string of the molecule is CCCC(O)C(=O)Cc1ccc(F)cc1Br. The van der Waals surface area contributed by atoms with Gasteiger partial charge in [0, 0.05) is 10.9 Å². The maximum atomic E-state index is 12.8. The first-order chi connectivity index (χ1) is 7.54. The largest absolute Gasteiger partial charge is 0.385 e. The number of hydrogen-bond donors (Lipinski definition) is 1. The van der Waals surface area contributed by atoms with Crippen LogP contribution in [0.15, 0.2) is 22.7 Å². The minimum Gasteiger partial charge on any atom is -0.385 e. The van der Waals surface area contributed by atoms with Crippen molar-refractivity contribution in [3.63, 3.8) is 0 Å². The van der Waals surface area contributed by atoms with Crippen LogP contribution in [0.25, 0.3) is 0 Å². The molecule has 0 fully saturated rings. The van der Waals surface area contributed by atoms with Gasteiger partial charge in [0.25, 0.3) is 0 Å². The van der Waals surface area contributed by atoms with E-state index in [9.17, 15) is 14.3 Å². The molecule has 1 aromatic carbocycles. The van der Waals surface area contributed by atoms with Crippen LogP contribution < -0.4 is 0 Å². The number of aliphatic hydroxyl groups is 1. The number of rotatable bonds is 5. The Morgan fingerprint density at radius 2 is 2.25 bits per heavy atom. The van der Waals surface area contributed by atoms with Crippen molar-refractivity contribution in [3.05, 3.63) is 34.1 Å². The van der Waals surface area contributed by atoms with Gasteiger partial charge in [0.05, 0.1) is 0 Å². The molecular formula is C12H14BrFO2. The third-order valence-electron chi connectivity index (χ3n) is 2.31. The average Bonchev–Trinajstić information content (AvgIpc) is 2.22. The van der Waals surface area contributed by atoms with Crippen molar-refractivity contribution >= 4 is 21.7 Å². The molecule has 0 aromatic heterocycles. The van der Waals surface area contributed by atoms with Crippen molar-refractivity contribution in [2.45, 2.75) is 32.3 Å². The summed E-state index contributed by atoms with van der Waals surface area (Å²) in [6.45, 7) is 1.91. The van der Waals surface area contributed by atoms with E-state index >= 15 is 0 Å². The van der Waals surface area contributed by atoms with E-state index in [-0.39, 0.29) is 18.0 Å². The number of halogens is 2. The minimum atomic E-state index is -0.915. The molecule has 0 saturated carbocycles. The highest BCUT2D eigenvalue weighted by molar-refractivity contribution is 9.10. The second-order valence-corrected chi connectivity index (χ2v) is 4.54. The topological polar surface area (TPSA) is 37.3 Å². The lowest BCUT2D eigenvalue weighted by Crippen LogP contribution is -2.22. The first kappa shape index (κ1) is 13.3. The normalized spacial score (nSPS) is 12.5. The van der Waals surface area contributed by atoms with Gasteiger partial charge in [-0.2, -0.15) is 0 Å². The zero-order valence-electron chi connectivity index (χ0n) is 9.04. The first-order valence-electron chi connectivity index (χ1n) is 5.19. The summed E-state index contributed by atoms with van der Waals surface area (Å²) >= 11 is 3.19. The summed E-state index contributed by atoms with van der Waals surface area (Å²) < 4.78 is 13.4. The molecule has 88 valence electrons. The third-order valence-corrected chi connectivity index (χ3v) is 3.05. The Hall–Kier alpha value is -0.740. The molecule has 0 saturated heterocycles. The zero-order chi connectivity index (χ0) is 12.1. The van der Waals surface area contributed by atoms with Gasteiger partial charge < -0.3 is 5.11 Å². The van der Waals surface area contributed by atoms with Crippen LogP contribution in [0.1, 0.15) is 25.3 Å². The van der Waals surface area contributed by atoms with Crippen molar-refractivity contribution < 1.29 is 14.3 Å². The minimum absolute atomic E-state index is 0.127. The van der Waals surface area contributed by atoms with Crippen molar-refractivity contribution in [2.75, 3.05) is 0 Å². The number of hydrogen-bond acceptors (Lipinski definition) is 2. The van der Waals surface area contributed by atoms with E-state index in [2.05, 4.69) is 15.9 Å². The summed E-state index contributed by atoms with van der Waals surface area (Å²) in [6.07, 6.45) is 0.443. The molecule has 1 N–H and O–H groups in total. The van der Waals surface area contributed by atoms with Gasteiger partial charge >= 0.3 is 0 Å². The van der Waals surface area contributed by atoms with Crippen molar-refractivity contribution in [3.8, 4) is 0 Å². The van der Waals surface area contributed by atoms with Gasteiger partial charge in [0.2, 0.25) is 0 Å². The number of benzene rings is 1. The Kier molecular flexibility index (Phi) is 5.09. The summed E-state index contributed by atoms with van der Waals surface area (Å²) in [5, 5.41) is 9.49. The van der Waals surface area contributed by atoms with Gasteiger partial charge in [0.1, 0.15) is 11.9 Å². The van der Waals surface area contributed by atoms with Gasteiger partial charge in [-0.15, -0.1) is 0 Å². The predicted octanol–water partition coefficient (Wildman–Crippen LogP) is 2.86. The maximum absolute atomic E-state index is 12.8. The Bertz CT molecular complexity index is 379. The zero-order valence-corrected chi connectivity index (χ0v) is 10.6. The fourth-order valence-corrected chi connectivity index (χ4v) is 1.90. The summed E-state index contributed by atoms with van der Waals surface area (Å²) in [7, 11) is 0. The van der Waals surface area contributed by atoms with Gasteiger partial charge in [-0.05, 0) is 24.1 Å². The smallest absolute Gasteiger partial charge is 0.165 e. The lowest BCUT2D eigenvalue weighted by atomic mass is 10.0. The molecule has 1 atom stereocenters. The van der Waals surface area contributed by atoms with Crippen LogP contribution in [0.2, 0.25) is 0 Å². The quantitative estimate of drug-likeness (QED) is 0.905. The van der Waals surface area contributed by atoms with Gasteiger partial charge in [-0.25, -0.2) is 4.39 Å². The highest BCUT2D eigenvalue weighted by Crippen LogP contribution is 2.19. The van der Waals surface area contributed by atoms with Crippen LogP contribution in [-0.4, -0.2) is 17.0 Å². The average molecular weight is 289 g/mol. The molecule has 4 heteroatoms. The fraction of sp³-hybridized carbons (Fsp3) is 0.417. The fourth-order valence-electron chi connectivity index (χ4n) is 1.40. The van der Waals surface area contributed by atoms with Crippen LogP contribution in [0.4, 0.5) is 4.39 Å². The number of ketones is 1. The highest BCUT2D eigenvalue weighted by atomic mass is 79.9. The molecular weight excluding hydrogens is 275 g/mol. The second kappa shape index (κ2) is 6.11. The number of aliphatic hydroxyl groups excluding tert-OH is 1. The number of carbonyl (C=O) groups is 1. The molecule has 0 aliphatic rings. The maximum Gasteiger partial charge on any atom is 0.165 e. The summed E-state index contributed by atoms with van der Waals surface area (Å²) in [5.41, 5.74) is 0.696. The number of carbonyl (C=O) groups excluding carboxylic acids is 1. The third kappa shape index (κ3) is 3.68. The van der Waals surface area contributed by atoms with Crippen LogP contribution >= 0.6 is 15.9 Å². The molecule has 0 spiro atoms. The van der Waals surface area contributed by atoms with Crippen molar-refractivity contribution in [1.29, 1.82) is 0 Å². The van der Waals surface area contributed by atoms with E-state index in [1.807, 2.05) is 6.92 Å². The van der Waals surface area contributed by atoms with Crippen LogP contribution in [0, 0.1) is 5.82 Å². The Morgan fingerprint density at radius 1 is 1.56 bits per heavy atom. The van der Waals surface area contributed by atoms with E-state index in [0.29, 0.717) is 16.5 Å². The molecule has 0 radical (unpaired) electrons. The molecule has 0 aliphatic carbocycles. The molecule has 1 rings (SSSR count). The van der Waals surface area contributed by atoms with E-state index < -0.39 is 6.10 Å². The van der Waals surface area contributed by atoms with Gasteiger partial charge in [0.15, 0.2) is 5.78 Å². The molecule has 1 unspecified atom stereocenters. The van der Waals surface area contributed by atoms with Crippen LogP contribution in [0.3, 0.4) is 0 Å². The van der Waals surface area contributed by atoms with E-state index in [0.717, 1.165) is 6.42 Å². The molecule has 0 bridgehead atoms. The lowest BCUT2D eigenvalue weighted by Gasteiger charge is -2.09. The monoisotopic (exact) mass is 288 g/mol. The van der Waals surface area contributed by atoms with E-state index in [4.69, 9.17) is 0 Å². The standard InChI is InChI=1S/C12H14BrFO2/c1-2-3-11(15)12(16)6-8-4-5-9(14)7-10(8)13/h4-5,7,11,15H,2-3,6H2,1H3. The van der Waals surface area contributed by atoms with E-state index in [1.165, 1.54) is 12.1 Å². The Balaban J connectivity index is 2.69. The van der Waals surface area contributed by atoms with Crippen LogP contribution in [0.5, 0.6) is 0 Å². The molecule has 2 nitrogen and oxygen atoms in total. The van der Waals surface area contributed by atoms with Crippen LogP contribution in [-0.2, 0) is 11.2 Å². The highest BCUT2D eigenvalue weighted by Gasteiger charge is 2.15. The predicted molar refractivity (Wildman–Crippen MR) is 63.7 cm³/mol. The Labute approximate surface area is 103 Å². The molecule has 1 aromatic rings. The second-order valence-electron chi connectivity index (χ2n) is 3.68. The first-order valence-corrected chi connectivity index (χ1v) is 5.98. The molecule has 0 aliphatic heterocycles. The van der Waals surface area contributed by atoms with Gasteiger partial charge in [-0.1, -0.05) is 35.3 Å². The van der Waals surface area contributed by atoms with Crippen molar-refractivity contribution in [2.24, 2.45) is 0 Å². The molecule has 16 heavy (non-hydrogen) atoms. The van der Waals surface area contributed by atoms with Crippen molar-refractivity contribution in [1.82, 2.24) is 0 Å². The summed E-state index contributed by atoms with van der Waals surface area (Å²) in [5.74, 6) is -0.577. The summed E-state index contributed by atoms with van der Waals surface area (Å²) in [6, 6.07) is 4.17. The van der Waals surface area contributed by atoms with E-state index in [1.54, 1.807) is 6.07 Å².